The summed E-state index contributed by atoms with van der Waals surface area (Å²) in [5.74, 6) is -2.92. The average molecular weight is 373 g/mol. The second kappa shape index (κ2) is 9.59. The van der Waals surface area contributed by atoms with Gasteiger partial charge in [-0.25, -0.2) is 0 Å². The Kier molecular flexibility index (Phi) is 7.81. The average Bonchev–Trinajstić information content (AvgIpc) is 2.50. The van der Waals surface area contributed by atoms with Crippen LogP contribution in [0.1, 0.15) is 27.7 Å². The smallest absolute Gasteiger partial charge is 0.303 e. The molecule has 0 N–H and O–H groups in total. The number of hydrogen-bond acceptors (Lipinski definition) is 10. The number of hydrogen-bond donors (Lipinski definition) is 0. The van der Waals surface area contributed by atoms with Crippen LogP contribution in [0.5, 0.6) is 0 Å². The van der Waals surface area contributed by atoms with Crippen molar-refractivity contribution in [3.63, 3.8) is 0 Å². The highest BCUT2D eigenvalue weighted by molar-refractivity contribution is 5.68. The molecule has 26 heavy (non-hydrogen) atoms. The molecule has 0 amide bonds. The topological polar surface area (TPSA) is 163 Å². The third kappa shape index (κ3) is 6.22. The lowest BCUT2D eigenvalue weighted by atomic mass is 9.97. The Balaban J connectivity index is 3.28. The van der Waals surface area contributed by atoms with Gasteiger partial charge in [0, 0.05) is 32.6 Å². The highest BCUT2D eigenvalue weighted by Gasteiger charge is 2.51. The summed E-state index contributed by atoms with van der Waals surface area (Å²) in [6, 6.07) is 0. The van der Waals surface area contributed by atoms with E-state index in [4.69, 9.17) is 29.2 Å². The largest absolute Gasteiger partial charge is 0.463 e. The van der Waals surface area contributed by atoms with Crippen LogP contribution in [0.25, 0.3) is 10.4 Å². The molecule has 0 aliphatic carbocycles. The monoisotopic (exact) mass is 373 g/mol. The molecule has 0 aromatic rings. The van der Waals surface area contributed by atoms with E-state index in [2.05, 4.69) is 10.0 Å². The molecule has 1 aliphatic heterocycles. The number of nitrogens with zero attached hydrogens (tertiary/aromatic N) is 3. The second-order valence-corrected chi connectivity index (χ2v) is 5.29. The Morgan fingerprint density at radius 1 is 0.885 bits per heavy atom. The lowest BCUT2D eigenvalue weighted by Crippen LogP contribution is -2.61. The predicted molar refractivity (Wildman–Crippen MR) is 81.1 cm³/mol. The Hall–Kier alpha value is -2.85. The number of rotatable bonds is 6. The van der Waals surface area contributed by atoms with E-state index in [9.17, 15) is 19.2 Å². The quantitative estimate of drug-likeness (QED) is 0.210. The second-order valence-electron chi connectivity index (χ2n) is 5.29. The van der Waals surface area contributed by atoms with E-state index in [1.165, 1.54) is 0 Å². The van der Waals surface area contributed by atoms with E-state index >= 15 is 0 Å². The summed E-state index contributed by atoms with van der Waals surface area (Å²) in [5, 5.41) is 3.38. The van der Waals surface area contributed by atoms with Crippen molar-refractivity contribution in [2.45, 2.75) is 58.3 Å². The van der Waals surface area contributed by atoms with Gasteiger partial charge in [0.15, 0.2) is 24.5 Å². The minimum atomic E-state index is -1.40. The Bertz CT molecular complexity index is 617. The fourth-order valence-electron chi connectivity index (χ4n) is 2.35. The number of azide groups is 1. The standard InChI is InChI=1S/C14H19N3O9/c1-6(18)22-5-10-11(23-7(2)19)12(24-8(3)20)13(25-9(4)21)14(26-10)16-17-15/h10-14H,5H2,1-4H3/t10-,11+,12+,13+,14+/m1/s1. The van der Waals surface area contributed by atoms with Crippen molar-refractivity contribution in [1.29, 1.82) is 0 Å². The zero-order valence-electron chi connectivity index (χ0n) is 14.6. The maximum absolute atomic E-state index is 11.5. The van der Waals surface area contributed by atoms with Crippen LogP contribution >= 0.6 is 0 Å². The molecule has 0 spiro atoms. The molecule has 144 valence electrons. The lowest BCUT2D eigenvalue weighted by Gasteiger charge is -2.43. The van der Waals surface area contributed by atoms with E-state index in [-0.39, 0.29) is 6.61 Å². The SMILES string of the molecule is CC(=O)OC[C@H]1O[C@H](N=[N+]=[N-])[C@@H](OC(C)=O)[C@@H](OC(C)=O)[C@H]1OC(C)=O. The summed E-state index contributed by atoms with van der Waals surface area (Å²) in [7, 11) is 0. The Morgan fingerprint density at radius 3 is 1.85 bits per heavy atom. The summed E-state index contributed by atoms with van der Waals surface area (Å²) in [6.45, 7) is 4.06. The van der Waals surface area contributed by atoms with Crippen molar-refractivity contribution in [2.75, 3.05) is 6.61 Å². The fraction of sp³-hybridized carbons (Fsp3) is 0.714. The molecule has 12 nitrogen and oxygen atoms in total. The van der Waals surface area contributed by atoms with Crippen LogP contribution in [0.2, 0.25) is 0 Å². The van der Waals surface area contributed by atoms with Gasteiger partial charge >= 0.3 is 23.9 Å². The van der Waals surface area contributed by atoms with Gasteiger partial charge < -0.3 is 23.7 Å². The van der Waals surface area contributed by atoms with E-state index in [0.29, 0.717) is 0 Å². The van der Waals surface area contributed by atoms with Crippen LogP contribution in [0.15, 0.2) is 5.11 Å². The number of ether oxygens (including phenoxy) is 5. The van der Waals surface area contributed by atoms with Crippen molar-refractivity contribution in [2.24, 2.45) is 5.11 Å². The summed E-state index contributed by atoms with van der Waals surface area (Å²) < 4.78 is 25.6. The summed E-state index contributed by atoms with van der Waals surface area (Å²) in [4.78, 5) is 48.0. The van der Waals surface area contributed by atoms with E-state index in [1.807, 2.05) is 0 Å². The molecule has 0 unspecified atom stereocenters. The van der Waals surface area contributed by atoms with Crippen molar-refractivity contribution in [1.82, 2.24) is 0 Å². The van der Waals surface area contributed by atoms with E-state index < -0.39 is 54.5 Å². The maximum Gasteiger partial charge on any atom is 0.303 e. The molecule has 1 heterocycles. The van der Waals surface area contributed by atoms with Crippen LogP contribution in [0.3, 0.4) is 0 Å². The minimum Gasteiger partial charge on any atom is -0.463 e. The summed E-state index contributed by atoms with van der Waals surface area (Å²) in [6.07, 6.45) is -6.52. The summed E-state index contributed by atoms with van der Waals surface area (Å²) in [5.41, 5.74) is 8.71. The van der Waals surface area contributed by atoms with Gasteiger partial charge in [0.25, 0.3) is 0 Å². The Labute approximate surface area is 148 Å². The molecule has 5 atom stereocenters. The molecule has 0 radical (unpaired) electrons. The van der Waals surface area contributed by atoms with Gasteiger partial charge in [-0.15, -0.1) is 0 Å². The third-order valence-electron chi connectivity index (χ3n) is 3.13. The molecule has 1 aliphatic rings. The van der Waals surface area contributed by atoms with Gasteiger partial charge in [-0.2, -0.15) is 0 Å². The molecule has 1 saturated heterocycles. The maximum atomic E-state index is 11.5. The molecule has 0 saturated carbocycles. The predicted octanol–water partition coefficient (Wildman–Crippen LogP) is 0.380. The normalized spacial score (nSPS) is 27.5. The van der Waals surface area contributed by atoms with E-state index in [1.54, 1.807) is 0 Å². The van der Waals surface area contributed by atoms with Crippen molar-refractivity contribution < 1.29 is 42.9 Å². The first-order valence-corrected chi connectivity index (χ1v) is 7.50. The fourth-order valence-corrected chi connectivity index (χ4v) is 2.35. The van der Waals surface area contributed by atoms with Gasteiger partial charge in [0.1, 0.15) is 12.7 Å². The first-order chi connectivity index (χ1) is 12.1. The first-order valence-electron chi connectivity index (χ1n) is 7.50. The van der Waals surface area contributed by atoms with Gasteiger partial charge in [0.05, 0.1) is 0 Å². The van der Waals surface area contributed by atoms with Gasteiger partial charge in [-0.1, -0.05) is 5.11 Å². The van der Waals surface area contributed by atoms with E-state index in [0.717, 1.165) is 27.7 Å². The highest BCUT2D eigenvalue weighted by Crippen LogP contribution is 2.29. The van der Waals surface area contributed by atoms with Crippen molar-refractivity contribution >= 4 is 23.9 Å². The zero-order valence-corrected chi connectivity index (χ0v) is 14.6. The molecule has 0 aromatic carbocycles. The van der Waals surface area contributed by atoms with Gasteiger partial charge in [-0.05, 0) is 5.53 Å². The van der Waals surface area contributed by atoms with Crippen LogP contribution in [0, 0.1) is 0 Å². The first kappa shape index (κ1) is 21.2. The number of carbonyl (C=O) groups excluding carboxylic acids is 4. The Morgan fingerprint density at radius 2 is 1.38 bits per heavy atom. The number of esters is 4. The molecule has 0 aromatic heterocycles. The van der Waals surface area contributed by atoms with Crippen molar-refractivity contribution in [3.8, 4) is 0 Å². The molecule has 12 heteroatoms. The minimum absolute atomic E-state index is 0.380. The van der Waals surface area contributed by atoms with Crippen LogP contribution < -0.4 is 0 Å². The molecule has 1 rings (SSSR count). The lowest BCUT2D eigenvalue weighted by molar-refractivity contribution is -0.251. The summed E-state index contributed by atoms with van der Waals surface area (Å²) >= 11 is 0. The van der Waals surface area contributed by atoms with Crippen LogP contribution in [-0.4, -0.2) is 61.1 Å². The van der Waals surface area contributed by atoms with Gasteiger partial charge in [-0.3, -0.25) is 19.2 Å². The zero-order chi connectivity index (χ0) is 19.9. The highest BCUT2D eigenvalue weighted by atomic mass is 16.7. The number of carbonyl (C=O) groups is 4. The molecular formula is C14H19N3O9. The molecule has 0 bridgehead atoms. The van der Waals surface area contributed by atoms with Crippen LogP contribution in [0.4, 0.5) is 0 Å². The van der Waals surface area contributed by atoms with Crippen molar-refractivity contribution in [3.05, 3.63) is 10.4 Å². The molecule has 1 fully saturated rings. The molecular weight excluding hydrogens is 354 g/mol. The third-order valence-corrected chi connectivity index (χ3v) is 3.13. The van der Waals surface area contributed by atoms with Crippen LogP contribution in [-0.2, 0) is 42.9 Å². The van der Waals surface area contributed by atoms with Gasteiger partial charge in [0.2, 0.25) is 0 Å².